The number of benzene rings is 2. The standard InChI is InChI=1S/C35H37FO7/c1-32-16-14-25(38)18-24(32)10-13-28-27-15-17-34(30(40)20-37,33(27,2)19-29(39)35(28,32)36)43-31(41)23-8-11-26(12-9-23)42-21-22-6-4-3-5-7-22/h3-9,11-12,14,16,18,27-29,37,39H,10,13,15,17,19-21H2,1-2H3/t27-,28-,29-,32-,33-,34-,35-/m0/s1. The summed E-state index contributed by atoms with van der Waals surface area (Å²) >= 11 is 0. The van der Waals surface area contributed by atoms with Crippen LogP contribution in [0.25, 0.3) is 0 Å². The molecule has 226 valence electrons. The second kappa shape index (κ2) is 10.5. The molecule has 3 fully saturated rings. The van der Waals surface area contributed by atoms with Crippen LogP contribution in [0.1, 0.15) is 61.9 Å². The Morgan fingerprint density at radius 1 is 1.02 bits per heavy atom. The van der Waals surface area contributed by atoms with E-state index in [1.165, 1.54) is 12.2 Å². The van der Waals surface area contributed by atoms with Gasteiger partial charge in [0.05, 0.1) is 11.7 Å². The van der Waals surface area contributed by atoms with Gasteiger partial charge in [-0.2, -0.15) is 0 Å². The number of fused-ring (bicyclic) bond motifs is 5. The Labute approximate surface area is 250 Å². The number of hydrogen-bond donors (Lipinski definition) is 2. The molecule has 43 heavy (non-hydrogen) atoms. The van der Waals surface area contributed by atoms with Crippen LogP contribution in [-0.4, -0.2) is 51.7 Å². The minimum atomic E-state index is -2.07. The van der Waals surface area contributed by atoms with Crippen molar-refractivity contribution >= 4 is 17.5 Å². The first-order chi connectivity index (χ1) is 20.5. The predicted molar refractivity (Wildman–Crippen MR) is 156 cm³/mol. The number of esters is 1. The van der Waals surface area contributed by atoms with Gasteiger partial charge < -0.3 is 19.7 Å². The molecule has 0 saturated heterocycles. The summed E-state index contributed by atoms with van der Waals surface area (Å²) in [6, 6.07) is 16.1. The van der Waals surface area contributed by atoms with E-state index in [4.69, 9.17) is 9.47 Å². The fraction of sp³-hybridized carbons (Fsp3) is 0.457. The molecule has 0 aromatic heterocycles. The molecule has 0 bridgehead atoms. The van der Waals surface area contributed by atoms with Crippen molar-refractivity contribution in [1.82, 2.24) is 0 Å². The van der Waals surface area contributed by atoms with Crippen LogP contribution in [0.3, 0.4) is 0 Å². The molecule has 4 aliphatic rings. The normalized spacial score (nSPS) is 36.2. The highest BCUT2D eigenvalue weighted by Crippen LogP contribution is 2.70. The molecule has 4 aliphatic carbocycles. The summed E-state index contributed by atoms with van der Waals surface area (Å²) in [5.41, 5.74) is -4.22. The molecule has 7 nitrogen and oxygen atoms in total. The Morgan fingerprint density at radius 3 is 2.44 bits per heavy atom. The number of ether oxygens (including phenoxy) is 2. The molecule has 0 heterocycles. The van der Waals surface area contributed by atoms with Gasteiger partial charge in [-0.1, -0.05) is 48.9 Å². The van der Waals surface area contributed by atoms with Gasteiger partial charge in [-0.25, -0.2) is 9.18 Å². The summed E-state index contributed by atoms with van der Waals surface area (Å²) in [6.07, 6.45) is 4.17. The van der Waals surface area contributed by atoms with E-state index in [-0.39, 0.29) is 24.2 Å². The molecule has 0 radical (unpaired) electrons. The van der Waals surface area contributed by atoms with Crippen molar-refractivity contribution in [2.24, 2.45) is 22.7 Å². The average molecular weight is 589 g/mol. The minimum Gasteiger partial charge on any atom is -0.489 e. The zero-order valence-corrected chi connectivity index (χ0v) is 24.4. The lowest BCUT2D eigenvalue weighted by atomic mass is 9.44. The molecule has 2 N–H and O–H groups in total. The van der Waals surface area contributed by atoms with Crippen molar-refractivity contribution < 1.29 is 38.5 Å². The first kappa shape index (κ1) is 29.5. The third-order valence-electron chi connectivity index (χ3n) is 11.0. The Hall–Kier alpha value is -3.62. The molecule has 2 aromatic rings. The lowest BCUT2D eigenvalue weighted by Crippen LogP contribution is -2.69. The van der Waals surface area contributed by atoms with E-state index in [9.17, 15) is 24.6 Å². The van der Waals surface area contributed by atoms with Crippen LogP contribution in [0.2, 0.25) is 0 Å². The minimum absolute atomic E-state index is 0.116. The lowest BCUT2D eigenvalue weighted by Gasteiger charge is -2.62. The van der Waals surface area contributed by atoms with E-state index in [2.05, 4.69) is 0 Å². The van der Waals surface area contributed by atoms with Gasteiger partial charge in [0.1, 0.15) is 19.0 Å². The summed E-state index contributed by atoms with van der Waals surface area (Å²) in [4.78, 5) is 39.2. The predicted octanol–water partition coefficient (Wildman–Crippen LogP) is 5.09. The van der Waals surface area contributed by atoms with E-state index in [1.807, 2.05) is 30.3 Å². The van der Waals surface area contributed by atoms with Crippen LogP contribution in [-0.2, 0) is 20.9 Å². The zero-order chi connectivity index (χ0) is 30.6. The number of allylic oxidation sites excluding steroid dienone is 4. The summed E-state index contributed by atoms with van der Waals surface area (Å²) in [5.74, 6) is -2.07. The van der Waals surface area contributed by atoms with E-state index in [0.29, 0.717) is 37.2 Å². The smallest absolute Gasteiger partial charge is 0.339 e. The summed E-state index contributed by atoms with van der Waals surface area (Å²) < 4.78 is 29.3. The van der Waals surface area contributed by atoms with Gasteiger partial charge in [-0.05, 0) is 86.9 Å². The highest BCUT2D eigenvalue weighted by molar-refractivity contribution is 6.01. The fourth-order valence-corrected chi connectivity index (χ4v) is 8.65. The van der Waals surface area contributed by atoms with Crippen molar-refractivity contribution in [3.63, 3.8) is 0 Å². The van der Waals surface area contributed by atoms with Crippen molar-refractivity contribution in [1.29, 1.82) is 0 Å². The van der Waals surface area contributed by atoms with Gasteiger partial charge in [0, 0.05) is 16.7 Å². The molecule has 6 rings (SSSR count). The maximum Gasteiger partial charge on any atom is 0.339 e. The van der Waals surface area contributed by atoms with Gasteiger partial charge in [0.2, 0.25) is 5.78 Å². The number of alkyl halides is 1. The zero-order valence-electron chi connectivity index (χ0n) is 24.4. The molecule has 7 atom stereocenters. The highest BCUT2D eigenvalue weighted by Gasteiger charge is 2.75. The maximum absolute atomic E-state index is 17.4. The number of carbonyl (C=O) groups is 3. The molecule has 0 unspecified atom stereocenters. The Kier molecular flexibility index (Phi) is 7.21. The third-order valence-corrected chi connectivity index (χ3v) is 11.0. The summed E-state index contributed by atoms with van der Waals surface area (Å²) in [5, 5.41) is 21.7. The van der Waals surface area contributed by atoms with Gasteiger partial charge in [0.15, 0.2) is 17.1 Å². The quantitative estimate of drug-likeness (QED) is 0.434. The molecule has 8 heteroatoms. The van der Waals surface area contributed by atoms with Gasteiger partial charge >= 0.3 is 5.97 Å². The SMILES string of the molecule is C[C@]12C=CC(=O)C=C1CC[C@H]1[C@@H]3CC[C@](OC(=O)c4ccc(OCc5ccccc5)cc4)(C(=O)CO)[C@@]3(C)C[C@H](O)[C@@]12F. The Balaban J connectivity index is 1.27. The van der Waals surface area contributed by atoms with Crippen molar-refractivity contribution in [3.8, 4) is 5.75 Å². The largest absolute Gasteiger partial charge is 0.489 e. The van der Waals surface area contributed by atoms with Crippen LogP contribution in [0, 0.1) is 22.7 Å². The second-order valence-electron chi connectivity index (χ2n) is 12.9. The summed E-state index contributed by atoms with van der Waals surface area (Å²) in [6.45, 7) is 3.02. The number of Topliss-reactive ketones (excluding diaryl/α,β-unsaturated/α-hetero) is 1. The van der Waals surface area contributed by atoms with E-state index in [0.717, 1.165) is 5.56 Å². The number of ketones is 2. The number of carbonyl (C=O) groups excluding carboxylic acids is 3. The number of rotatable bonds is 7. The maximum atomic E-state index is 17.4. The molecular weight excluding hydrogens is 551 g/mol. The van der Waals surface area contributed by atoms with Gasteiger partial charge in [0.25, 0.3) is 0 Å². The Bertz CT molecular complexity index is 1500. The molecular formula is C35H37FO7. The van der Waals surface area contributed by atoms with Gasteiger partial charge in [-0.15, -0.1) is 0 Å². The van der Waals surface area contributed by atoms with Crippen molar-refractivity contribution in [2.45, 2.75) is 69.9 Å². The second-order valence-corrected chi connectivity index (χ2v) is 12.9. The monoisotopic (exact) mass is 588 g/mol. The van der Waals surface area contributed by atoms with Crippen molar-refractivity contribution in [2.75, 3.05) is 6.61 Å². The highest BCUT2D eigenvalue weighted by atomic mass is 19.1. The van der Waals surface area contributed by atoms with E-state index in [1.54, 1.807) is 44.2 Å². The van der Waals surface area contributed by atoms with Gasteiger partial charge in [-0.3, -0.25) is 9.59 Å². The van der Waals surface area contributed by atoms with Crippen LogP contribution in [0.15, 0.2) is 78.4 Å². The van der Waals surface area contributed by atoms with E-state index < -0.39 is 58.4 Å². The summed E-state index contributed by atoms with van der Waals surface area (Å²) in [7, 11) is 0. The van der Waals surface area contributed by atoms with Crippen molar-refractivity contribution in [3.05, 3.63) is 89.5 Å². The Morgan fingerprint density at radius 2 is 1.74 bits per heavy atom. The molecule has 3 saturated carbocycles. The average Bonchev–Trinajstić information content (AvgIpc) is 3.29. The fourth-order valence-electron chi connectivity index (χ4n) is 8.65. The molecule has 0 aliphatic heterocycles. The van der Waals surface area contributed by atoms with Crippen LogP contribution >= 0.6 is 0 Å². The third kappa shape index (κ3) is 4.32. The first-order valence-electron chi connectivity index (χ1n) is 14.9. The van der Waals surface area contributed by atoms with Crippen LogP contribution in [0.5, 0.6) is 5.75 Å². The molecule has 2 aromatic carbocycles. The topological polar surface area (TPSA) is 110 Å². The van der Waals surface area contributed by atoms with Crippen LogP contribution in [0.4, 0.5) is 4.39 Å². The number of hydrogen-bond acceptors (Lipinski definition) is 7. The number of aliphatic hydroxyl groups is 2. The number of aliphatic hydroxyl groups excluding tert-OH is 2. The van der Waals surface area contributed by atoms with E-state index >= 15 is 4.39 Å². The molecule has 0 amide bonds. The molecule has 0 spiro atoms. The van der Waals surface area contributed by atoms with Crippen LogP contribution < -0.4 is 4.74 Å². The first-order valence-corrected chi connectivity index (χ1v) is 14.9. The lowest BCUT2D eigenvalue weighted by molar-refractivity contribution is -0.217. The number of halogens is 1.